The first kappa shape index (κ1) is 15.5. The van der Waals surface area contributed by atoms with Gasteiger partial charge in [0.15, 0.2) is 0 Å². The van der Waals surface area contributed by atoms with Crippen molar-refractivity contribution in [2.45, 2.75) is 19.8 Å². The largest absolute Gasteiger partial charge is 0.497 e. The molecule has 0 aromatic heterocycles. The van der Waals surface area contributed by atoms with Gasteiger partial charge in [0.1, 0.15) is 11.6 Å². The Morgan fingerprint density at radius 3 is 2.62 bits per heavy atom. The van der Waals surface area contributed by atoms with Gasteiger partial charge in [-0.3, -0.25) is 0 Å². The maximum absolute atomic E-state index is 13.1. The SMILES string of the molecule is COc1cccc(CC(CO)Cc2ccc(F)cc2C)c1. The van der Waals surface area contributed by atoms with Crippen LogP contribution in [0.2, 0.25) is 0 Å². The third kappa shape index (κ3) is 4.30. The van der Waals surface area contributed by atoms with Crippen LogP contribution in [-0.2, 0) is 12.8 Å². The highest BCUT2D eigenvalue weighted by molar-refractivity contribution is 5.30. The average Bonchev–Trinajstić information content (AvgIpc) is 2.49. The first-order valence-corrected chi connectivity index (χ1v) is 7.11. The van der Waals surface area contributed by atoms with Crippen LogP contribution in [-0.4, -0.2) is 18.8 Å². The standard InChI is InChI=1S/C18H21FO2/c1-13-8-17(19)7-6-16(13)10-15(12-20)9-14-4-3-5-18(11-14)21-2/h3-8,11,15,20H,9-10,12H2,1-2H3. The van der Waals surface area contributed by atoms with Crippen LogP contribution >= 0.6 is 0 Å². The second-order valence-electron chi connectivity index (χ2n) is 5.38. The number of rotatable bonds is 6. The molecule has 0 heterocycles. The third-order valence-corrected chi connectivity index (χ3v) is 3.73. The topological polar surface area (TPSA) is 29.5 Å². The monoisotopic (exact) mass is 288 g/mol. The van der Waals surface area contributed by atoms with Crippen LogP contribution in [0.3, 0.4) is 0 Å². The number of hydrogen-bond donors (Lipinski definition) is 1. The fraction of sp³-hybridized carbons (Fsp3) is 0.333. The molecule has 21 heavy (non-hydrogen) atoms. The lowest BCUT2D eigenvalue weighted by molar-refractivity contribution is 0.224. The van der Waals surface area contributed by atoms with E-state index in [-0.39, 0.29) is 18.3 Å². The van der Waals surface area contributed by atoms with Crippen LogP contribution < -0.4 is 4.74 Å². The molecular weight excluding hydrogens is 267 g/mol. The molecular formula is C18H21FO2. The summed E-state index contributed by atoms with van der Waals surface area (Å²) >= 11 is 0. The highest BCUT2D eigenvalue weighted by Crippen LogP contribution is 2.20. The van der Waals surface area contributed by atoms with Gasteiger partial charge in [-0.05, 0) is 66.6 Å². The highest BCUT2D eigenvalue weighted by atomic mass is 19.1. The van der Waals surface area contributed by atoms with E-state index in [1.54, 1.807) is 13.2 Å². The number of hydrogen-bond acceptors (Lipinski definition) is 2. The van der Waals surface area contributed by atoms with Crippen LogP contribution in [0.25, 0.3) is 0 Å². The van der Waals surface area contributed by atoms with Crippen molar-refractivity contribution < 1.29 is 14.2 Å². The molecule has 0 aliphatic carbocycles. The molecule has 0 saturated carbocycles. The van der Waals surface area contributed by atoms with Crippen molar-refractivity contribution >= 4 is 0 Å². The summed E-state index contributed by atoms with van der Waals surface area (Å²) < 4.78 is 18.4. The maximum atomic E-state index is 13.1. The van der Waals surface area contributed by atoms with Crippen LogP contribution in [0.1, 0.15) is 16.7 Å². The normalized spacial score (nSPS) is 12.2. The number of aliphatic hydroxyl groups excluding tert-OH is 1. The van der Waals surface area contributed by atoms with Gasteiger partial charge in [-0.1, -0.05) is 18.2 Å². The highest BCUT2D eigenvalue weighted by Gasteiger charge is 2.12. The van der Waals surface area contributed by atoms with E-state index in [0.717, 1.165) is 35.3 Å². The zero-order chi connectivity index (χ0) is 15.2. The predicted molar refractivity (Wildman–Crippen MR) is 82.1 cm³/mol. The summed E-state index contributed by atoms with van der Waals surface area (Å²) in [5.41, 5.74) is 3.14. The molecule has 0 radical (unpaired) electrons. The molecule has 2 aromatic carbocycles. The number of ether oxygens (including phenoxy) is 1. The molecule has 1 atom stereocenters. The average molecular weight is 288 g/mol. The Balaban J connectivity index is 2.09. The molecule has 112 valence electrons. The number of aryl methyl sites for hydroxylation is 1. The van der Waals surface area contributed by atoms with E-state index in [0.29, 0.717) is 0 Å². The maximum Gasteiger partial charge on any atom is 0.123 e. The molecule has 2 rings (SSSR count). The lowest BCUT2D eigenvalue weighted by Crippen LogP contribution is -2.13. The van der Waals surface area contributed by atoms with Gasteiger partial charge in [0.25, 0.3) is 0 Å². The van der Waals surface area contributed by atoms with E-state index in [1.807, 2.05) is 31.2 Å². The molecule has 3 heteroatoms. The zero-order valence-corrected chi connectivity index (χ0v) is 12.5. The summed E-state index contributed by atoms with van der Waals surface area (Å²) in [4.78, 5) is 0. The van der Waals surface area contributed by atoms with Crippen molar-refractivity contribution in [3.05, 3.63) is 65.0 Å². The van der Waals surface area contributed by atoms with E-state index in [9.17, 15) is 9.50 Å². The Hall–Kier alpha value is -1.87. The fourth-order valence-corrected chi connectivity index (χ4v) is 2.53. The smallest absolute Gasteiger partial charge is 0.123 e. The molecule has 2 aromatic rings. The molecule has 2 nitrogen and oxygen atoms in total. The van der Waals surface area contributed by atoms with Crippen molar-refractivity contribution in [1.82, 2.24) is 0 Å². The van der Waals surface area contributed by atoms with Gasteiger partial charge in [0, 0.05) is 6.61 Å². The zero-order valence-electron chi connectivity index (χ0n) is 12.5. The first-order chi connectivity index (χ1) is 10.1. The number of aliphatic hydroxyl groups is 1. The van der Waals surface area contributed by atoms with Crippen molar-refractivity contribution in [1.29, 1.82) is 0 Å². The first-order valence-electron chi connectivity index (χ1n) is 7.11. The van der Waals surface area contributed by atoms with Gasteiger partial charge in [-0.25, -0.2) is 4.39 Å². The van der Waals surface area contributed by atoms with Crippen molar-refractivity contribution in [2.24, 2.45) is 5.92 Å². The van der Waals surface area contributed by atoms with Crippen LogP contribution in [0.4, 0.5) is 4.39 Å². The fourth-order valence-electron chi connectivity index (χ4n) is 2.53. The van der Waals surface area contributed by atoms with Crippen LogP contribution in [0.5, 0.6) is 5.75 Å². The number of benzene rings is 2. The molecule has 0 fully saturated rings. The van der Waals surface area contributed by atoms with Gasteiger partial charge < -0.3 is 9.84 Å². The minimum Gasteiger partial charge on any atom is -0.497 e. The quantitative estimate of drug-likeness (QED) is 0.881. The van der Waals surface area contributed by atoms with Crippen LogP contribution in [0.15, 0.2) is 42.5 Å². The van der Waals surface area contributed by atoms with E-state index < -0.39 is 0 Å². The molecule has 1 N–H and O–H groups in total. The molecule has 0 aliphatic rings. The van der Waals surface area contributed by atoms with E-state index in [4.69, 9.17) is 4.74 Å². The van der Waals surface area contributed by atoms with Crippen molar-refractivity contribution in [2.75, 3.05) is 13.7 Å². The Labute approximate surface area is 125 Å². The number of methoxy groups -OCH3 is 1. The van der Waals surface area contributed by atoms with Crippen LogP contribution in [0, 0.1) is 18.7 Å². The molecule has 0 amide bonds. The van der Waals surface area contributed by atoms with Gasteiger partial charge in [0.2, 0.25) is 0 Å². The van der Waals surface area contributed by atoms with Gasteiger partial charge in [-0.2, -0.15) is 0 Å². The second-order valence-corrected chi connectivity index (χ2v) is 5.38. The Bertz CT molecular complexity index is 596. The molecule has 0 saturated heterocycles. The molecule has 0 aliphatic heterocycles. The minimum atomic E-state index is -0.218. The van der Waals surface area contributed by atoms with E-state index in [1.165, 1.54) is 12.1 Å². The van der Waals surface area contributed by atoms with Gasteiger partial charge >= 0.3 is 0 Å². The second kappa shape index (κ2) is 7.23. The third-order valence-electron chi connectivity index (χ3n) is 3.73. The summed E-state index contributed by atoms with van der Waals surface area (Å²) in [6, 6.07) is 12.7. The number of halogens is 1. The molecule has 0 spiro atoms. The minimum absolute atomic E-state index is 0.105. The molecule has 0 bridgehead atoms. The molecule has 1 unspecified atom stereocenters. The van der Waals surface area contributed by atoms with Gasteiger partial charge in [-0.15, -0.1) is 0 Å². The van der Waals surface area contributed by atoms with Crippen molar-refractivity contribution in [3.8, 4) is 5.75 Å². The lowest BCUT2D eigenvalue weighted by Gasteiger charge is -2.16. The summed E-state index contributed by atoms with van der Waals surface area (Å²) in [6.07, 6.45) is 1.50. The van der Waals surface area contributed by atoms with E-state index in [2.05, 4.69) is 0 Å². The predicted octanol–water partition coefficient (Wildman–Crippen LogP) is 3.54. The summed E-state index contributed by atoms with van der Waals surface area (Å²) in [5, 5.41) is 9.62. The summed E-state index contributed by atoms with van der Waals surface area (Å²) in [6.45, 7) is 2.01. The summed E-state index contributed by atoms with van der Waals surface area (Å²) in [7, 11) is 1.64. The van der Waals surface area contributed by atoms with E-state index >= 15 is 0 Å². The van der Waals surface area contributed by atoms with Crippen molar-refractivity contribution in [3.63, 3.8) is 0 Å². The lowest BCUT2D eigenvalue weighted by atomic mass is 9.91. The summed E-state index contributed by atoms with van der Waals surface area (Å²) in [5.74, 6) is 0.716. The Morgan fingerprint density at radius 2 is 1.95 bits per heavy atom. The Morgan fingerprint density at radius 1 is 1.14 bits per heavy atom. The Kier molecular flexibility index (Phi) is 5.34. The van der Waals surface area contributed by atoms with Gasteiger partial charge in [0.05, 0.1) is 7.11 Å².